The van der Waals surface area contributed by atoms with E-state index >= 15 is 0 Å². The molecule has 0 aliphatic heterocycles. The number of ether oxygens (including phenoxy) is 1. The molecule has 0 unspecified atom stereocenters. The Morgan fingerprint density at radius 1 is 1.12 bits per heavy atom. The molecule has 32 heavy (non-hydrogen) atoms. The zero-order valence-corrected chi connectivity index (χ0v) is 20.4. The first-order chi connectivity index (χ1) is 15.5. The Hall–Kier alpha value is -2.54. The monoisotopic (exact) mass is 482 g/mol. The first-order valence-corrected chi connectivity index (χ1v) is 12.3. The van der Waals surface area contributed by atoms with Gasteiger partial charge in [0.25, 0.3) is 5.91 Å². The van der Waals surface area contributed by atoms with Gasteiger partial charge in [0.1, 0.15) is 11.3 Å². The van der Waals surface area contributed by atoms with E-state index in [9.17, 15) is 4.79 Å². The standard InChI is InChI=1S/C25H23ClN2O2S2/c1-16(2)31-19-11-7-10-18(14-19)24(29)28(15-17-8-5-4-6-9-17)25-27-22-21(30-3)13-12-20(26)23(22)32-25/h4-14,16H,15H2,1-3H3. The summed E-state index contributed by atoms with van der Waals surface area (Å²) in [6.07, 6.45) is 0. The summed E-state index contributed by atoms with van der Waals surface area (Å²) in [7, 11) is 1.60. The van der Waals surface area contributed by atoms with Gasteiger partial charge < -0.3 is 4.74 Å². The highest BCUT2D eigenvalue weighted by atomic mass is 35.5. The van der Waals surface area contributed by atoms with Gasteiger partial charge >= 0.3 is 0 Å². The molecule has 1 heterocycles. The summed E-state index contributed by atoms with van der Waals surface area (Å²) in [4.78, 5) is 21.3. The third-order valence-corrected chi connectivity index (χ3v) is 7.32. The number of anilines is 1. The third kappa shape index (κ3) is 4.93. The number of carbonyl (C=O) groups excluding carboxylic acids is 1. The van der Waals surface area contributed by atoms with Crippen LogP contribution in [0.2, 0.25) is 5.02 Å². The molecule has 0 aliphatic rings. The van der Waals surface area contributed by atoms with Crippen LogP contribution in [-0.4, -0.2) is 23.3 Å². The Labute approximate surface area is 201 Å². The van der Waals surface area contributed by atoms with Crippen LogP contribution in [0, 0.1) is 0 Å². The topological polar surface area (TPSA) is 42.4 Å². The van der Waals surface area contributed by atoms with E-state index in [2.05, 4.69) is 13.8 Å². The lowest BCUT2D eigenvalue weighted by Crippen LogP contribution is -2.30. The summed E-state index contributed by atoms with van der Waals surface area (Å²) in [6, 6.07) is 21.3. The Balaban J connectivity index is 1.78. The number of carbonyl (C=O) groups is 1. The number of hydrogen-bond donors (Lipinski definition) is 0. The molecule has 0 saturated carbocycles. The van der Waals surface area contributed by atoms with Crippen LogP contribution in [0.1, 0.15) is 29.8 Å². The van der Waals surface area contributed by atoms with Crippen LogP contribution >= 0.6 is 34.7 Å². The van der Waals surface area contributed by atoms with Crippen molar-refractivity contribution in [3.8, 4) is 5.75 Å². The number of halogens is 1. The number of nitrogens with zero attached hydrogens (tertiary/aromatic N) is 2. The van der Waals surface area contributed by atoms with Gasteiger partial charge in [0.2, 0.25) is 0 Å². The zero-order valence-electron chi connectivity index (χ0n) is 18.0. The zero-order chi connectivity index (χ0) is 22.7. The first kappa shape index (κ1) is 22.6. The van der Waals surface area contributed by atoms with Gasteiger partial charge in [-0.25, -0.2) is 4.98 Å². The molecule has 4 rings (SSSR count). The number of thioether (sulfide) groups is 1. The van der Waals surface area contributed by atoms with Gasteiger partial charge in [0.05, 0.1) is 23.4 Å². The highest BCUT2D eigenvalue weighted by molar-refractivity contribution is 7.99. The largest absolute Gasteiger partial charge is 0.494 e. The Kier molecular flexibility index (Phi) is 7.04. The minimum Gasteiger partial charge on any atom is -0.494 e. The number of methoxy groups -OCH3 is 1. The number of thiazole rings is 1. The second-order valence-electron chi connectivity index (χ2n) is 7.50. The molecule has 7 heteroatoms. The van der Waals surface area contributed by atoms with Gasteiger partial charge in [0, 0.05) is 15.7 Å². The number of hydrogen-bond acceptors (Lipinski definition) is 5. The van der Waals surface area contributed by atoms with Crippen LogP contribution in [-0.2, 0) is 6.54 Å². The fraction of sp³-hybridized carbons (Fsp3) is 0.200. The predicted molar refractivity (Wildman–Crippen MR) is 136 cm³/mol. The van der Waals surface area contributed by atoms with Crippen LogP contribution < -0.4 is 9.64 Å². The molecule has 164 valence electrons. The van der Waals surface area contributed by atoms with Crippen molar-refractivity contribution < 1.29 is 9.53 Å². The number of aromatic nitrogens is 1. The smallest absolute Gasteiger partial charge is 0.260 e. The first-order valence-electron chi connectivity index (χ1n) is 10.2. The molecule has 0 fully saturated rings. The summed E-state index contributed by atoms with van der Waals surface area (Å²) in [5.74, 6) is 0.531. The average molecular weight is 483 g/mol. The minimum atomic E-state index is -0.103. The second-order valence-corrected chi connectivity index (χ2v) is 10.5. The van der Waals surface area contributed by atoms with E-state index < -0.39 is 0 Å². The van der Waals surface area contributed by atoms with Crippen LogP contribution in [0.25, 0.3) is 10.2 Å². The van der Waals surface area contributed by atoms with Crippen molar-refractivity contribution in [2.75, 3.05) is 12.0 Å². The van der Waals surface area contributed by atoms with E-state index in [1.165, 1.54) is 11.3 Å². The fourth-order valence-electron chi connectivity index (χ4n) is 3.34. The SMILES string of the molecule is COc1ccc(Cl)c2sc(N(Cc3ccccc3)C(=O)c3cccc(SC(C)C)c3)nc12. The van der Waals surface area contributed by atoms with Crippen LogP contribution in [0.15, 0.2) is 71.6 Å². The molecule has 4 nitrogen and oxygen atoms in total. The lowest BCUT2D eigenvalue weighted by atomic mass is 10.1. The van der Waals surface area contributed by atoms with Crippen molar-refractivity contribution in [3.05, 3.63) is 82.9 Å². The summed E-state index contributed by atoms with van der Waals surface area (Å²) in [5.41, 5.74) is 2.31. The maximum Gasteiger partial charge on any atom is 0.260 e. The van der Waals surface area contributed by atoms with Gasteiger partial charge in [-0.3, -0.25) is 9.69 Å². The molecule has 1 aromatic heterocycles. The van der Waals surface area contributed by atoms with E-state index in [4.69, 9.17) is 21.3 Å². The van der Waals surface area contributed by atoms with Gasteiger partial charge in [-0.1, -0.05) is 73.2 Å². The molecule has 0 saturated heterocycles. The predicted octanol–water partition coefficient (Wildman–Crippen LogP) is 7.31. The molecule has 3 aromatic carbocycles. The van der Waals surface area contributed by atoms with E-state index in [-0.39, 0.29) is 5.91 Å². The molecule has 0 spiro atoms. The highest BCUT2D eigenvalue weighted by Gasteiger charge is 2.24. The molecular formula is C25H23ClN2O2S2. The fourth-order valence-corrected chi connectivity index (χ4v) is 5.49. The lowest BCUT2D eigenvalue weighted by molar-refractivity contribution is 0.0985. The van der Waals surface area contributed by atoms with E-state index in [0.717, 1.165) is 15.2 Å². The summed E-state index contributed by atoms with van der Waals surface area (Å²) in [6.45, 7) is 4.68. The van der Waals surface area contributed by atoms with Gasteiger partial charge in [-0.15, -0.1) is 11.8 Å². The average Bonchev–Trinajstić information content (AvgIpc) is 3.24. The van der Waals surface area contributed by atoms with Crippen molar-refractivity contribution in [3.63, 3.8) is 0 Å². The lowest BCUT2D eigenvalue weighted by Gasteiger charge is -2.20. The number of amides is 1. The van der Waals surface area contributed by atoms with Crippen molar-refractivity contribution in [1.82, 2.24) is 4.98 Å². The molecule has 0 bridgehead atoms. The van der Waals surface area contributed by atoms with Crippen LogP contribution in [0.5, 0.6) is 5.75 Å². The Morgan fingerprint density at radius 3 is 2.62 bits per heavy atom. The van der Waals surface area contributed by atoms with E-state index in [0.29, 0.717) is 38.8 Å². The number of rotatable bonds is 7. The van der Waals surface area contributed by atoms with Crippen LogP contribution in [0.3, 0.4) is 0 Å². The molecule has 0 aliphatic carbocycles. The molecule has 0 N–H and O–H groups in total. The molecule has 1 amide bonds. The van der Waals surface area contributed by atoms with Crippen molar-refractivity contribution in [1.29, 1.82) is 0 Å². The summed E-state index contributed by atoms with van der Waals surface area (Å²) < 4.78 is 6.27. The number of fused-ring (bicyclic) bond motifs is 1. The maximum atomic E-state index is 13.7. The van der Waals surface area contributed by atoms with Gasteiger partial charge in [-0.05, 0) is 35.9 Å². The van der Waals surface area contributed by atoms with Gasteiger partial charge in [-0.2, -0.15) is 0 Å². The number of benzene rings is 3. The molecule has 4 aromatic rings. The normalized spacial score (nSPS) is 11.2. The second kappa shape index (κ2) is 9.94. The Bertz CT molecular complexity index is 1240. The van der Waals surface area contributed by atoms with E-state index in [1.807, 2.05) is 54.6 Å². The van der Waals surface area contributed by atoms with Gasteiger partial charge in [0.15, 0.2) is 5.13 Å². The van der Waals surface area contributed by atoms with Crippen molar-refractivity contribution in [2.45, 2.75) is 30.5 Å². The van der Waals surface area contributed by atoms with Crippen LogP contribution in [0.4, 0.5) is 5.13 Å². The highest BCUT2D eigenvalue weighted by Crippen LogP contribution is 2.39. The Morgan fingerprint density at radius 2 is 1.91 bits per heavy atom. The molecule has 0 radical (unpaired) electrons. The van der Waals surface area contributed by atoms with Crippen molar-refractivity contribution >= 4 is 56.0 Å². The molecule has 0 atom stereocenters. The third-order valence-electron chi connectivity index (χ3n) is 4.78. The van der Waals surface area contributed by atoms with E-state index in [1.54, 1.807) is 35.9 Å². The minimum absolute atomic E-state index is 0.103. The maximum absolute atomic E-state index is 13.7. The molecular weight excluding hydrogens is 460 g/mol. The quantitative estimate of drug-likeness (QED) is 0.259. The summed E-state index contributed by atoms with van der Waals surface area (Å²) >= 11 is 9.57. The van der Waals surface area contributed by atoms with Crippen molar-refractivity contribution in [2.24, 2.45) is 0 Å². The summed E-state index contributed by atoms with van der Waals surface area (Å²) in [5, 5.41) is 1.61.